The Morgan fingerprint density at radius 2 is 1.61 bits per heavy atom. The molecule has 0 atom stereocenters. The quantitative estimate of drug-likeness (QED) is 0.765. The third-order valence-corrected chi connectivity index (χ3v) is 5.56. The summed E-state index contributed by atoms with van der Waals surface area (Å²) in [5, 5.41) is 3.07. The molecule has 1 amide bonds. The summed E-state index contributed by atoms with van der Waals surface area (Å²) in [7, 11) is 2.18. The number of likely N-dealkylation sites (N-methyl/N-ethyl adjacent to an activating group) is 1. The molecule has 2 aromatic carbocycles. The Labute approximate surface area is 169 Å². The summed E-state index contributed by atoms with van der Waals surface area (Å²) in [5.41, 5.74) is 5.06. The van der Waals surface area contributed by atoms with Gasteiger partial charge in [-0.05, 0) is 42.1 Å². The molecule has 28 heavy (non-hydrogen) atoms. The molecule has 1 saturated heterocycles. The van der Waals surface area contributed by atoms with E-state index in [2.05, 4.69) is 77.6 Å². The maximum atomic E-state index is 12.2. The van der Waals surface area contributed by atoms with E-state index in [-0.39, 0.29) is 5.91 Å². The van der Waals surface area contributed by atoms with Crippen LogP contribution in [-0.2, 0) is 30.7 Å². The molecule has 1 fully saturated rings. The van der Waals surface area contributed by atoms with Gasteiger partial charge in [0.15, 0.2) is 0 Å². The molecule has 0 saturated carbocycles. The number of nitrogens with one attached hydrogen (secondary N) is 1. The smallest absolute Gasteiger partial charge is 0.220 e. The van der Waals surface area contributed by atoms with E-state index in [0.717, 1.165) is 45.6 Å². The molecule has 1 N–H and O–H groups in total. The van der Waals surface area contributed by atoms with E-state index >= 15 is 0 Å². The van der Waals surface area contributed by atoms with Crippen LogP contribution in [0.25, 0.3) is 0 Å². The predicted octanol–water partition coefficient (Wildman–Crippen LogP) is 3.25. The molecule has 0 unspecified atom stereocenters. The van der Waals surface area contributed by atoms with Gasteiger partial charge in [-0.2, -0.15) is 0 Å². The lowest BCUT2D eigenvalue weighted by molar-refractivity contribution is -0.121. The number of hydrogen-bond acceptors (Lipinski definition) is 3. The van der Waals surface area contributed by atoms with Crippen molar-refractivity contribution in [1.29, 1.82) is 0 Å². The van der Waals surface area contributed by atoms with E-state index in [1.807, 2.05) is 0 Å². The second-order valence-electron chi connectivity index (χ2n) is 7.85. The highest BCUT2D eigenvalue weighted by Crippen LogP contribution is 2.11. The van der Waals surface area contributed by atoms with Crippen molar-refractivity contribution >= 4 is 5.91 Å². The van der Waals surface area contributed by atoms with Crippen molar-refractivity contribution in [2.45, 2.75) is 39.3 Å². The highest BCUT2D eigenvalue weighted by atomic mass is 16.1. The number of benzene rings is 2. The molecule has 0 radical (unpaired) electrons. The van der Waals surface area contributed by atoms with Crippen molar-refractivity contribution in [3.05, 3.63) is 70.8 Å². The molecule has 150 valence electrons. The van der Waals surface area contributed by atoms with Gasteiger partial charge >= 0.3 is 0 Å². The standard InChI is InChI=1S/C24H33N3O/c1-3-20-7-9-21(10-8-20)11-12-24(28)25-18-22-5-4-6-23(17-22)19-27-15-13-26(2)14-16-27/h4-10,17H,3,11-16,18-19H2,1-2H3,(H,25,28). The Kier molecular flexibility index (Phi) is 7.63. The van der Waals surface area contributed by atoms with Crippen molar-refractivity contribution in [3.63, 3.8) is 0 Å². The fraction of sp³-hybridized carbons (Fsp3) is 0.458. The molecular weight excluding hydrogens is 346 g/mol. The molecule has 0 spiro atoms. The third-order valence-electron chi connectivity index (χ3n) is 5.56. The largest absolute Gasteiger partial charge is 0.352 e. The lowest BCUT2D eigenvalue weighted by Crippen LogP contribution is -2.43. The lowest BCUT2D eigenvalue weighted by Gasteiger charge is -2.32. The second kappa shape index (κ2) is 10.4. The minimum Gasteiger partial charge on any atom is -0.352 e. The Hall–Kier alpha value is -2.17. The van der Waals surface area contributed by atoms with E-state index in [9.17, 15) is 4.79 Å². The first kappa shape index (κ1) is 20.6. The van der Waals surface area contributed by atoms with Gasteiger partial charge < -0.3 is 10.2 Å². The molecule has 0 bridgehead atoms. The van der Waals surface area contributed by atoms with Gasteiger partial charge in [0.1, 0.15) is 0 Å². The van der Waals surface area contributed by atoms with Gasteiger partial charge in [0.25, 0.3) is 0 Å². The zero-order valence-corrected chi connectivity index (χ0v) is 17.3. The van der Waals surface area contributed by atoms with Crippen LogP contribution in [0, 0.1) is 0 Å². The fourth-order valence-corrected chi connectivity index (χ4v) is 3.59. The van der Waals surface area contributed by atoms with Crippen LogP contribution in [0.3, 0.4) is 0 Å². The van der Waals surface area contributed by atoms with Crippen LogP contribution < -0.4 is 5.32 Å². The predicted molar refractivity (Wildman–Crippen MR) is 115 cm³/mol. The lowest BCUT2D eigenvalue weighted by atomic mass is 10.1. The molecule has 1 heterocycles. The zero-order chi connectivity index (χ0) is 19.8. The number of amides is 1. The Bertz CT molecular complexity index is 749. The van der Waals surface area contributed by atoms with Gasteiger partial charge in [0.05, 0.1) is 0 Å². The van der Waals surface area contributed by atoms with Crippen LogP contribution >= 0.6 is 0 Å². The molecule has 4 heteroatoms. The first-order valence-corrected chi connectivity index (χ1v) is 10.5. The molecule has 0 aromatic heterocycles. The van der Waals surface area contributed by atoms with Crippen molar-refractivity contribution < 1.29 is 4.79 Å². The SMILES string of the molecule is CCc1ccc(CCC(=O)NCc2cccc(CN3CCN(C)CC3)c2)cc1. The summed E-state index contributed by atoms with van der Waals surface area (Å²) in [4.78, 5) is 17.1. The minimum atomic E-state index is 0.115. The summed E-state index contributed by atoms with van der Waals surface area (Å²) >= 11 is 0. The molecule has 4 nitrogen and oxygen atoms in total. The van der Waals surface area contributed by atoms with E-state index in [1.54, 1.807) is 0 Å². The Balaban J connectivity index is 1.42. The zero-order valence-electron chi connectivity index (χ0n) is 17.3. The van der Waals surface area contributed by atoms with E-state index in [4.69, 9.17) is 0 Å². The van der Waals surface area contributed by atoms with Crippen LogP contribution in [0.1, 0.15) is 35.6 Å². The summed E-state index contributed by atoms with van der Waals surface area (Å²) in [6.07, 6.45) is 2.38. The van der Waals surface area contributed by atoms with Crippen LogP contribution in [0.2, 0.25) is 0 Å². The number of piperazine rings is 1. The minimum absolute atomic E-state index is 0.115. The number of rotatable bonds is 8. The Morgan fingerprint density at radius 1 is 0.929 bits per heavy atom. The fourth-order valence-electron chi connectivity index (χ4n) is 3.59. The van der Waals surface area contributed by atoms with Crippen molar-refractivity contribution in [2.24, 2.45) is 0 Å². The van der Waals surface area contributed by atoms with Gasteiger partial charge in [0, 0.05) is 45.7 Å². The van der Waals surface area contributed by atoms with Crippen molar-refractivity contribution in [3.8, 4) is 0 Å². The van der Waals surface area contributed by atoms with Crippen LogP contribution in [0.5, 0.6) is 0 Å². The van der Waals surface area contributed by atoms with Crippen molar-refractivity contribution in [1.82, 2.24) is 15.1 Å². The molecule has 2 aromatic rings. The van der Waals surface area contributed by atoms with E-state index < -0.39 is 0 Å². The van der Waals surface area contributed by atoms with Crippen LogP contribution in [-0.4, -0.2) is 48.9 Å². The van der Waals surface area contributed by atoms with Crippen molar-refractivity contribution in [2.75, 3.05) is 33.2 Å². The number of carbonyl (C=O) groups is 1. The normalized spacial score (nSPS) is 15.5. The average molecular weight is 380 g/mol. The van der Waals surface area contributed by atoms with Crippen LogP contribution in [0.15, 0.2) is 48.5 Å². The van der Waals surface area contributed by atoms with Gasteiger partial charge in [-0.15, -0.1) is 0 Å². The van der Waals surface area contributed by atoms with Crippen LogP contribution in [0.4, 0.5) is 0 Å². The monoisotopic (exact) mass is 379 g/mol. The topological polar surface area (TPSA) is 35.6 Å². The molecule has 3 rings (SSSR count). The summed E-state index contributed by atoms with van der Waals surface area (Å²) in [6, 6.07) is 17.2. The number of aryl methyl sites for hydroxylation is 2. The summed E-state index contributed by atoms with van der Waals surface area (Å²) in [5.74, 6) is 0.115. The van der Waals surface area contributed by atoms with Gasteiger partial charge in [-0.1, -0.05) is 55.5 Å². The molecular formula is C24H33N3O. The summed E-state index contributed by atoms with van der Waals surface area (Å²) in [6.45, 7) is 8.26. The van der Waals surface area contributed by atoms with Gasteiger partial charge in [-0.25, -0.2) is 0 Å². The first-order valence-electron chi connectivity index (χ1n) is 10.5. The first-order chi connectivity index (χ1) is 13.6. The Morgan fingerprint density at radius 3 is 2.32 bits per heavy atom. The molecule has 1 aliphatic heterocycles. The molecule has 1 aliphatic rings. The highest BCUT2D eigenvalue weighted by molar-refractivity contribution is 5.76. The third kappa shape index (κ3) is 6.47. The number of nitrogens with zero attached hydrogens (tertiary/aromatic N) is 2. The number of carbonyl (C=O) groups excluding carboxylic acids is 1. The average Bonchev–Trinajstić information content (AvgIpc) is 2.73. The second-order valence-corrected chi connectivity index (χ2v) is 7.85. The van der Waals surface area contributed by atoms with Gasteiger partial charge in [0.2, 0.25) is 5.91 Å². The maximum Gasteiger partial charge on any atom is 0.220 e. The maximum absolute atomic E-state index is 12.2. The highest BCUT2D eigenvalue weighted by Gasteiger charge is 2.13. The van der Waals surface area contributed by atoms with E-state index in [1.165, 1.54) is 22.3 Å². The number of hydrogen-bond donors (Lipinski definition) is 1. The summed E-state index contributed by atoms with van der Waals surface area (Å²) < 4.78 is 0. The van der Waals surface area contributed by atoms with Gasteiger partial charge in [-0.3, -0.25) is 9.69 Å². The van der Waals surface area contributed by atoms with E-state index in [0.29, 0.717) is 13.0 Å². The molecule has 0 aliphatic carbocycles.